The van der Waals surface area contributed by atoms with Crippen molar-refractivity contribution >= 4 is 11.9 Å². The van der Waals surface area contributed by atoms with Gasteiger partial charge in [-0.05, 0) is 38.8 Å². The zero-order valence-corrected chi connectivity index (χ0v) is 11.2. The van der Waals surface area contributed by atoms with Crippen molar-refractivity contribution in [2.45, 2.75) is 25.7 Å². The lowest BCUT2D eigenvalue weighted by atomic mass is 9.67. The number of hydrogen-bond acceptors (Lipinski definition) is 3. The summed E-state index contributed by atoms with van der Waals surface area (Å²) in [4.78, 5) is 27.5. The van der Waals surface area contributed by atoms with Crippen LogP contribution in [-0.2, 0) is 9.59 Å². The van der Waals surface area contributed by atoms with E-state index in [1.807, 2.05) is 0 Å². The van der Waals surface area contributed by atoms with Gasteiger partial charge in [-0.2, -0.15) is 0 Å². The summed E-state index contributed by atoms with van der Waals surface area (Å²) in [6.07, 6.45) is 2.93. The van der Waals surface area contributed by atoms with Crippen LogP contribution >= 0.6 is 0 Å². The van der Waals surface area contributed by atoms with Crippen LogP contribution < -0.4 is 0 Å². The van der Waals surface area contributed by atoms with Gasteiger partial charge in [0.05, 0.1) is 0 Å². The predicted molar refractivity (Wildman–Crippen MR) is 67.2 cm³/mol. The van der Waals surface area contributed by atoms with E-state index in [1.54, 1.807) is 11.9 Å². The van der Waals surface area contributed by atoms with Crippen LogP contribution in [0.5, 0.6) is 0 Å². The Morgan fingerprint density at radius 1 is 1.44 bits per heavy atom. The van der Waals surface area contributed by atoms with E-state index in [2.05, 4.69) is 11.9 Å². The average Bonchev–Trinajstić information content (AvgIpc) is 2.61. The fourth-order valence-electron chi connectivity index (χ4n) is 3.06. The van der Waals surface area contributed by atoms with Gasteiger partial charge in [-0.1, -0.05) is 6.42 Å². The standard InChI is InChI=1S/C13H22N2O3/c1-14-7-4-10(8-14)9-15(2)11(16)13(12(17)18)5-3-6-13/h10H,3-9H2,1-2H3,(H,17,18). The Balaban J connectivity index is 1.94. The molecule has 2 rings (SSSR count). The quantitative estimate of drug-likeness (QED) is 0.748. The zero-order chi connectivity index (χ0) is 13.3. The smallest absolute Gasteiger partial charge is 0.319 e. The molecule has 1 amide bonds. The first-order chi connectivity index (χ1) is 8.45. The van der Waals surface area contributed by atoms with Crippen LogP contribution in [0.4, 0.5) is 0 Å². The lowest BCUT2D eigenvalue weighted by Gasteiger charge is -2.39. The Morgan fingerprint density at radius 2 is 2.11 bits per heavy atom. The summed E-state index contributed by atoms with van der Waals surface area (Å²) in [6, 6.07) is 0. The summed E-state index contributed by atoms with van der Waals surface area (Å²) in [5, 5.41) is 9.25. The molecule has 2 aliphatic rings. The molecule has 1 heterocycles. The molecule has 1 unspecified atom stereocenters. The molecule has 1 N–H and O–H groups in total. The van der Waals surface area contributed by atoms with Crippen molar-refractivity contribution in [3.05, 3.63) is 0 Å². The van der Waals surface area contributed by atoms with E-state index >= 15 is 0 Å². The number of carbonyl (C=O) groups is 2. The van der Waals surface area contributed by atoms with Crippen LogP contribution in [0, 0.1) is 11.3 Å². The number of carboxylic acids is 1. The minimum Gasteiger partial charge on any atom is -0.480 e. The van der Waals surface area contributed by atoms with Crippen LogP contribution in [0.3, 0.4) is 0 Å². The molecule has 2 fully saturated rings. The Kier molecular flexibility index (Phi) is 3.61. The Morgan fingerprint density at radius 3 is 2.50 bits per heavy atom. The lowest BCUT2D eigenvalue weighted by Crippen LogP contribution is -2.52. The number of amides is 1. The third kappa shape index (κ3) is 2.23. The van der Waals surface area contributed by atoms with E-state index in [0.717, 1.165) is 25.9 Å². The summed E-state index contributed by atoms with van der Waals surface area (Å²) in [5.74, 6) is -0.667. The highest BCUT2D eigenvalue weighted by molar-refractivity contribution is 6.02. The van der Waals surface area contributed by atoms with Crippen molar-refractivity contribution in [1.29, 1.82) is 0 Å². The van der Waals surface area contributed by atoms with Crippen LogP contribution in [0.25, 0.3) is 0 Å². The summed E-state index contributed by atoms with van der Waals surface area (Å²) in [7, 11) is 3.82. The molecule has 1 aliphatic heterocycles. The summed E-state index contributed by atoms with van der Waals surface area (Å²) < 4.78 is 0. The number of hydrogen-bond donors (Lipinski definition) is 1. The normalized spacial score (nSPS) is 26.7. The second kappa shape index (κ2) is 4.88. The maximum atomic E-state index is 12.3. The van der Waals surface area contributed by atoms with Crippen LogP contribution in [-0.4, -0.2) is 60.5 Å². The molecule has 1 aliphatic carbocycles. The van der Waals surface area contributed by atoms with Gasteiger partial charge in [-0.3, -0.25) is 9.59 Å². The van der Waals surface area contributed by atoms with Gasteiger partial charge in [0.1, 0.15) is 5.41 Å². The number of rotatable bonds is 4. The molecule has 1 saturated carbocycles. The molecule has 5 heteroatoms. The van der Waals surface area contributed by atoms with E-state index in [0.29, 0.717) is 25.3 Å². The third-order valence-corrected chi connectivity index (χ3v) is 4.39. The van der Waals surface area contributed by atoms with E-state index in [9.17, 15) is 14.7 Å². The largest absolute Gasteiger partial charge is 0.480 e. The van der Waals surface area contributed by atoms with Gasteiger partial charge in [0.2, 0.25) is 5.91 Å². The molecular formula is C13H22N2O3. The minimum atomic E-state index is -1.11. The van der Waals surface area contributed by atoms with Crippen molar-refractivity contribution in [1.82, 2.24) is 9.80 Å². The highest BCUT2D eigenvalue weighted by Gasteiger charge is 2.52. The Hall–Kier alpha value is -1.10. The molecule has 0 aromatic carbocycles. The van der Waals surface area contributed by atoms with Gasteiger partial charge in [0.15, 0.2) is 0 Å². The molecule has 0 bridgehead atoms. The minimum absolute atomic E-state index is 0.198. The molecule has 1 atom stereocenters. The number of aliphatic carboxylic acids is 1. The van der Waals surface area contributed by atoms with Crippen molar-refractivity contribution < 1.29 is 14.7 Å². The van der Waals surface area contributed by atoms with Crippen molar-refractivity contribution in [3.8, 4) is 0 Å². The molecule has 1 saturated heterocycles. The highest BCUT2D eigenvalue weighted by atomic mass is 16.4. The third-order valence-electron chi connectivity index (χ3n) is 4.39. The van der Waals surface area contributed by atoms with Gasteiger partial charge in [0, 0.05) is 20.1 Å². The average molecular weight is 254 g/mol. The molecular weight excluding hydrogens is 232 g/mol. The molecule has 0 aromatic heterocycles. The number of carboxylic acid groups (broad SMARTS) is 1. The molecule has 0 radical (unpaired) electrons. The maximum absolute atomic E-state index is 12.3. The first-order valence-corrected chi connectivity index (χ1v) is 6.63. The fraction of sp³-hybridized carbons (Fsp3) is 0.846. The molecule has 0 spiro atoms. The lowest BCUT2D eigenvalue weighted by molar-refractivity contribution is -0.167. The fourth-order valence-corrected chi connectivity index (χ4v) is 3.06. The number of nitrogens with zero attached hydrogens (tertiary/aromatic N) is 2. The molecule has 102 valence electrons. The number of carbonyl (C=O) groups excluding carboxylic acids is 1. The molecule has 0 aromatic rings. The van der Waals surface area contributed by atoms with Crippen LogP contribution in [0.2, 0.25) is 0 Å². The van der Waals surface area contributed by atoms with E-state index in [1.165, 1.54) is 0 Å². The van der Waals surface area contributed by atoms with Crippen molar-refractivity contribution in [2.75, 3.05) is 33.7 Å². The van der Waals surface area contributed by atoms with Crippen LogP contribution in [0.15, 0.2) is 0 Å². The van der Waals surface area contributed by atoms with Crippen LogP contribution in [0.1, 0.15) is 25.7 Å². The summed E-state index contributed by atoms with van der Waals surface area (Å²) >= 11 is 0. The second-order valence-electron chi connectivity index (χ2n) is 5.84. The van der Waals surface area contributed by atoms with Gasteiger partial charge in [-0.25, -0.2) is 0 Å². The van der Waals surface area contributed by atoms with Gasteiger partial charge >= 0.3 is 5.97 Å². The topological polar surface area (TPSA) is 60.9 Å². The highest BCUT2D eigenvalue weighted by Crippen LogP contribution is 2.42. The van der Waals surface area contributed by atoms with Gasteiger partial charge < -0.3 is 14.9 Å². The van der Waals surface area contributed by atoms with Crippen molar-refractivity contribution in [3.63, 3.8) is 0 Å². The van der Waals surface area contributed by atoms with Gasteiger partial charge in [0.25, 0.3) is 0 Å². The zero-order valence-electron chi connectivity index (χ0n) is 11.2. The van der Waals surface area contributed by atoms with E-state index in [4.69, 9.17) is 0 Å². The summed E-state index contributed by atoms with van der Waals surface area (Å²) in [5.41, 5.74) is -1.11. The van der Waals surface area contributed by atoms with E-state index in [-0.39, 0.29) is 5.91 Å². The first kappa shape index (κ1) is 13.3. The van der Waals surface area contributed by atoms with Gasteiger partial charge in [-0.15, -0.1) is 0 Å². The number of likely N-dealkylation sites (tertiary alicyclic amines) is 1. The maximum Gasteiger partial charge on any atom is 0.319 e. The Labute approximate surface area is 108 Å². The molecule has 5 nitrogen and oxygen atoms in total. The summed E-state index contributed by atoms with van der Waals surface area (Å²) in [6.45, 7) is 2.74. The SMILES string of the molecule is CN1CCC(CN(C)C(=O)C2(C(=O)O)CCC2)C1. The second-order valence-corrected chi connectivity index (χ2v) is 5.84. The molecule has 18 heavy (non-hydrogen) atoms. The van der Waals surface area contributed by atoms with E-state index < -0.39 is 11.4 Å². The monoisotopic (exact) mass is 254 g/mol. The van der Waals surface area contributed by atoms with Crippen molar-refractivity contribution in [2.24, 2.45) is 11.3 Å². The Bertz CT molecular complexity index is 352. The first-order valence-electron chi connectivity index (χ1n) is 6.63. The predicted octanol–water partition coefficient (Wildman–Crippen LogP) is 0.651.